The largest absolute Gasteiger partial charge is 0.395 e. The van der Waals surface area contributed by atoms with Gasteiger partial charge >= 0.3 is 0 Å². The summed E-state index contributed by atoms with van der Waals surface area (Å²) >= 11 is 0. The maximum atomic E-state index is 9.23. The quantitative estimate of drug-likeness (QED) is 0.437. The van der Waals surface area contributed by atoms with Crippen LogP contribution in [0.4, 0.5) is 0 Å². The molecule has 88 valence electrons. The molecule has 2 atom stereocenters. The molecule has 2 unspecified atom stereocenters. The summed E-state index contributed by atoms with van der Waals surface area (Å²) < 4.78 is 5.32. The smallest absolute Gasteiger partial charge is 0.0921 e. The van der Waals surface area contributed by atoms with Crippen LogP contribution in [0.2, 0.25) is 0 Å². The third kappa shape index (κ3) is 3.44. The van der Waals surface area contributed by atoms with Gasteiger partial charge in [-0.25, -0.2) is 0 Å². The van der Waals surface area contributed by atoms with E-state index in [2.05, 4.69) is 11.8 Å². The van der Waals surface area contributed by atoms with Crippen LogP contribution in [0.15, 0.2) is 0 Å². The number of aliphatic hydroxyl groups excluding tert-OH is 1. The topological polar surface area (TPSA) is 82.6 Å². The van der Waals surface area contributed by atoms with E-state index in [9.17, 15) is 5.11 Å². The average Bonchev–Trinajstić information content (AvgIpc) is 2.25. The zero-order chi connectivity index (χ0) is 11.3. The number of hydrogen-bond donors (Lipinski definition) is 3. The average molecular weight is 215 g/mol. The summed E-state index contributed by atoms with van der Waals surface area (Å²) in [5.41, 5.74) is 5.43. The number of morpholine rings is 1. The van der Waals surface area contributed by atoms with E-state index >= 15 is 0 Å². The molecular weight excluding hydrogens is 194 g/mol. The lowest BCUT2D eigenvalue weighted by Gasteiger charge is -2.39. The van der Waals surface area contributed by atoms with Gasteiger partial charge in [0.1, 0.15) is 0 Å². The first-order valence-electron chi connectivity index (χ1n) is 5.46. The molecule has 0 aliphatic carbocycles. The molecule has 0 saturated carbocycles. The molecule has 5 heteroatoms. The molecule has 1 saturated heterocycles. The Bertz CT molecular complexity index is 211. The van der Waals surface area contributed by atoms with Crippen LogP contribution in [-0.2, 0) is 4.74 Å². The lowest BCUT2D eigenvalue weighted by molar-refractivity contribution is -0.0466. The first kappa shape index (κ1) is 12.4. The number of nitrogens with zero attached hydrogens (tertiary/aromatic N) is 1. The number of amidine groups is 1. The van der Waals surface area contributed by atoms with E-state index < -0.39 is 0 Å². The number of nitrogens with one attached hydrogen (secondary N) is 1. The highest BCUT2D eigenvalue weighted by Crippen LogP contribution is 2.15. The highest BCUT2D eigenvalue weighted by atomic mass is 16.5. The van der Waals surface area contributed by atoms with E-state index in [1.54, 1.807) is 0 Å². The Labute approximate surface area is 90.7 Å². The molecule has 1 aliphatic rings. The van der Waals surface area contributed by atoms with Crippen molar-refractivity contribution in [3.05, 3.63) is 0 Å². The summed E-state index contributed by atoms with van der Waals surface area (Å²) in [7, 11) is 0. The minimum Gasteiger partial charge on any atom is -0.395 e. The van der Waals surface area contributed by atoms with Gasteiger partial charge in [0.05, 0.1) is 31.7 Å². The van der Waals surface area contributed by atoms with E-state index in [4.69, 9.17) is 15.9 Å². The maximum Gasteiger partial charge on any atom is 0.0921 e. The second kappa shape index (κ2) is 6.05. The number of rotatable bonds is 5. The Morgan fingerprint density at radius 3 is 3.00 bits per heavy atom. The normalized spacial score (nSPS) is 25.1. The third-order valence-electron chi connectivity index (χ3n) is 2.88. The van der Waals surface area contributed by atoms with Gasteiger partial charge in [0, 0.05) is 19.0 Å². The molecule has 0 aromatic rings. The van der Waals surface area contributed by atoms with Crippen molar-refractivity contribution in [1.29, 1.82) is 5.41 Å². The van der Waals surface area contributed by atoms with Crippen molar-refractivity contribution in [3.8, 4) is 0 Å². The monoisotopic (exact) mass is 215 g/mol. The van der Waals surface area contributed by atoms with Gasteiger partial charge in [0.25, 0.3) is 0 Å². The highest BCUT2D eigenvalue weighted by molar-refractivity contribution is 5.77. The van der Waals surface area contributed by atoms with Crippen molar-refractivity contribution in [3.63, 3.8) is 0 Å². The number of ether oxygens (including phenoxy) is 1. The first-order chi connectivity index (χ1) is 7.19. The fraction of sp³-hybridized carbons (Fsp3) is 0.900. The molecule has 1 fully saturated rings. The standard InChI is InChI=1S/C10H21N3O2/c1-2-8(5-10(11)12)13-3-4-15-7-9(13)6-14/h8-9,14H,2-7H2,1H3,(H3,11,12). The molecule has 0 amide bonds. The van der Waals surface area contributed by atoms with Crippen LogP contribution in [0.1, 0.15) is 19.8 Å². The van der Waals surface area contributed by atoms with Gasteiger partial charge in [0.2, 0.25) is 0 Å². The fourth-order valence-electron chi connectivity index (χ4n) is 2.06. The zero-order valence-corrected chi connectivity index (χ0v) is 9.28. The summed E-state index contributed by atoms with van der Waals surface area (Å²) in [5.74, 6) is 0.213. The summed E-state index contributed by atoms with van der Waals surface area (Å²) in [5, 5.41) is 16.6. The first-order valence-corrected chi connectivity index (χ1v) is 5.46. The molecule has 1 rings (SSSR count). The van der Waals surface area contributed by atoms with Crippen LogP contribution >= 0.6 is 0 Å². The molecule has 15 heavy (non-hydrogen) atoms. The molecule has 0 aromatic heterocycles. The molecule has 4 N–H and O–H groups in total. The number of aliphatic hydroxyl groups is 1. The SMILES string of the molecule is CCC(CC(=N)N)N1CCOCC1CO. The second-order valence-electron chi connectivity index (χ2n) is 3.94. The molecule has 1 aliphatic heterocycles. The van der Waals surface area contributed by atoms with Crippen LogP contribution < -0.4 is 5.73 Å². The van der Waals surface area contributed by atoms with Crippen LogP contribution in [0.25, 0.3) is 0 Å². The summed E-state index contributed by atoms with van der Waals surface area (Å²) in [6.45, 7) is 4.28. The van der Waals surface area contributed by atoms with Gasteiger partial charge in [0.15, 0.2) is 0 Å². The van der Waals surface area contributed by atoms with Gasteiger partial charge in [-0.15, -0.1) is 0 Å². The molecule has 0 radical (unpaired) electrons. The lowest BCUT2D eigenvalue weighted by Crippen LogP contribution is -2.53. The Kier molecular flexibility index (Phi) is 5.01. The van der Waals surface area contributed by atoms with E-state index in [1.165, 1.54) is 0 Å². The van der Waals surface area contributed by atoms with Crippen molar-refractivity contribution in [2.75, 3.05) is 26.4 Å². The Morgan fingerprint density at radius 1 is 1.73 bits per heavy atom. The van der Waals surface area contributed by atoms with Gasteiger partial charge < -0.3 is 15.6 Å². The van der Waals surface area contributed by atoms with Crippen LogP contribution in [0.5, 0.6) is 0 Å². The van der Waals surface area contributed by atoms with E-state index in [-0.39, 0.29) is 24.5 Å². The van der Waals surface area contributed by atoms with Gasteiger partial charge in [-0.1, -0.05) is 6.92 Å². The summed E-state index contributed by atoms with van der Waals surface area (Å²) in [6.07, 6.45) is 1.52. The molecule has 0 spiro atoms. The highest BCUT2D eigenvalue weighted by Gasteiger charge is 2.28. The minimum atomic E-state index is 0.0584. The van der Waals surface area contributed by atoms with Gasteiger partial charge in [-0.2, -0.15) is 0 Å². The Hall–Kier alpha value is -0.650. The maximum absolute atomic E-state index is 9.23. The fourth-order valence-corrected chi connectivity index (χ4v) is 2.06. The molecule has 5 nitrogen and oxygen atoms in total. The summed E-state index contributed by atoms with van der Waals surface area (Å²) in [6, 6.07) is 0.312. The van der Waals surface area contributed by atoms with Crippen molar-refractivity contribution >= 4 is 5.84 Å². The van der Waals surface area contributed by atoms with Crippen LogP contribution in [-0.4, -0.2) is 54.3 Å². The third-order valence-corrected chi connectivity index (χ3v) is 2.88. The van der Waals surface area contributed by atoms with Crippen molar-refractivity contribution in [2.24, 2.45) is 5.73 Å². The molecular formula is C10H21N3O2. The number of nitrogens with two attached hydrogens (primary N) is 1. The predicted molar refractivity (Wildman–Crippen MR) is 59.0 cm³/mol. The van der Waals surface area contributed by atoms with Gasteiger partial charge in [-0.3, -0.25) is 10.3 Å². The van der Waals surface area contributed by atoms with Crippen molar-refractivity contribution < 1.29 is 9.84 Å². The zero-order valence-electron chi connectivity index (χ0n) is 9.28. The molecule has 1 heterocycles. The summed E-state index contributed by atoms with van der Waals surface area (Å²) in [4.78, 5) is 2.21. The lowest BCUT2D eigenvalue weighted by atomic mass is 10.1. The van der Waals surface area contributed by atoms with Crippen molar-refractivity contribution in [1.82, 2.24) is 4.90 Å². The van der Waals surface area contributed by atoms with Gasteiger partial charge in [-0.05, 0) is 6.42 Å². The van der Waals surface area contributed by atoms with Crippen LogP contribution in [0, 0.1) is 5.41 Å². The predicted octanol–water partition coefficient (Wildman–Crippen LogP) is -0.216. The van der Waals surface area contributed by atoms with E-state index in [1.807, 2.05) is 0 Å². The minimum absolute atomic E-state index is 0.0584. The number of hydrogen-bond acceptors (Lipinski definition) is 4. The van der Waals surface area contributed by atoms with Crippen molar-refractivity contribution in [2.45, 2.75) is 31.8 Å². The second-order valence-corrected chi connectivity index (χ2v) is 3.94. The van der Waals surface area contributed by atoms with Crippen LogP contribution in [0.3, 0.4) is 0 Å². The van der Waals surface area contributed by atoms with E-state index in [0.717, 1.165) is 13.0 Å². The Balaban J connectivity index is 2.58. The molecule has 0 aromatic carbocycles. The Morgan fingerprint density at radius 2 is 2.47 bits per heavy atom. The molecule has 0 bridgehead atoms. The van der Waals surface area contributed by atoms with E-state index in [0.29, 0.717) is 19.6 Å².